The Bertz CT molecular complexity index is 146. The average molecular weight is 199 g/mol. The van der Waals surface area contributed by atoms with Gasteiger partial charge in [0.1, 0.15) is 0 Å². The molecule has 0 amide bonds. The Labute approximate surface area is 88.1 Å². The van der Waals surface area contributed by atoms with Crippen molar-refractivity contribution in [1.82, 2.24) is 5.32 Å². The minimum absolute atomic E-state index is 0.369. The predicted octanol–water partition coefficient (Wildman–Crippen LogP) is 2.32. The third kappa shape index (κ3) is 2.96. The first-order chi connectivity index (χ1) is 6.73. The topological polar surface area (TPSA) is 32.3 Å². The zero-order valence-electron chi connectivity index (χ0n) is 9.68. The van der Waals surface area contributed by atoms with Gasteiger partial charge >= 0.3 is 0 Å². The Morgan fingerprint density at radius 2 is 1.64 bits per heavy atom. The van der Waals surface area contributed by atoms with E-state index < -0.39 is 0 Å². The average Bonchev–Trinajstić information content (AvgIpc) is 2.20. The molecule has 0 saturated carbocycles. The molecule has 0 aliphatic carbocycles. The quantitative estimate of drug-likeness (QED) is 0.712. The number of nitrogens with one attached hydrogen (secondary N) is 1. The minimum atomic E-state index is -0.369. The molecule has 0 spiro atoms. The SMILES string of the molecule is CCCC(O)(CCC)C1CCNCC1. The highest BCUT2D eigenvalue weighted by molar-refractivity contribution is 4.88. The summed E-state index contributed by atoms with van der Waals surface area (Å²) in [6.07, 6.45) is 6.45. The van der Waals surface area contributed by atoms with Crippen molar-refractivity contribution in [2.75, 3.05) is 13.1 Å². The first-order valence-electron chi connectivity index (χ1n) is 6.16. The third-order valence-corrected chi connectivity index (χ3v) is 3.46. The van der Waals surface area contributed by atoms with Crippen molar-refractivity contribution < 1.29 is 5.11 Å². The second-order valence-electron chi connectivity index (χ2n) is 4.63. The summed E-state index contributed by atoms with van der Waals surface area (Å²) < 4.78 is 0. The monoisotopic (exact) mass is 199 g/mol. The van der Waals surface area contributed by atoms with E-state index in [9.17, 15) is 5.11 Å². The Hall–Kier alpha value is -0.0800. The van der Waals surface area contributed by atoms with Gasteiger partial charge in [-0.3, -0.25) is 0 Å². The summed E-state index contributed by atoms with van der Waals surface area (Å²) in [5, 5.41) is 14.0. The molecule has 2 nitrogen and oxygen atoms in total. The van der Waals surface area contributed by atoms with E-state index in [1.807, 2.05) is 0 Å². The zero-order valence-corrected chi connectivity index (χ0v) is 9.68. The molecular weight excluding hydrogens is 174 g/mol. The highest BCUT2D eigenvalue weighted by atomic mass is 16.3. The van der Waals surface area contributed by atoms with E-state index in [1.165, 1.54) is 0 Å². The van der Waals surface area contributed by atoms with Gasteiger partial charge in [-0.25, -0.2) is 0 Å². The highest BCUT2D eigenvalue weighted by Crippen LogP contribution is 2.33. The largest absolute Gasteiger partial charge is 0.390 e. The number of aliphatic hydroxyl groups is 1. The third-order valence-electron chi connectivity index (χ3n) is 3.46. The predicted molar refractivity (Wildman–Crippen MR) is 60.4 cm³/mol. The standard InChI is InChI=1S/C12H25NO/c1-3-7-12(14,8-4-2)11-5-9-13-10-6-11/h11,13-14H,3-10H2,1-2H3. The second kappa shape index (κ2) is 5.72. The first kappa shape index (κ1) is 12.0. The normalized spacial score (nSPS) is 19.9. The molecule has 1 aliphatic heterocycles. The fourth-order valence-electron chi connectivity index (χ4n) is 2.76. The highest BCUT2D eigenvalue weighted by Gasteiger charge is 2.35. The van der Waals surface area contributed by atoms with Crippen LogP contribution in [0, 0.1) is 5.92 Å². The van der Waals surface area contributed by atoms with Gasteiger partial charge in [0.25, 0.3) is 0 Å². The Kier molecular flexibility index (Phi) is 4.90. The maximum atomic E-state index is 10.6. The van der Waals surface area contributed by atoms with E-state index >= 15 is 0 Å². The van der Waals surface area contributed by atoms with Gasteiger partial charge < -0.3 is 10.4 Å². The molecule has 0 unspecified atom stereocenters. The number of hydrogen-bond acceptors (Lipinski definition) is 2. The summed E-state index contributed by atoms with van der Waals surface area (Å²) in [6.45, 7) is 6.50. The van der Waals surface area contributed by atoms with Crippen molar-refractivity contribution in [2.45, 2.75) is 58.0 Å². The van der Waals surface area contributed by atoms with E-state index in [1.54, 1.807) is 0 Å². The molecule has 0 bridgehead atoms. The molecule has 0 atom stereocenters. The van der Waals surface area contributed by atoms with Crippen molar-refractivity contribution in [3.63, 3.8) is 0 Å². The number of hydrogen-bond donors (Lipinski definition) is 2. The summed E-state index contributed by atoms with van der Waals surface area (Å²) >= 11 is 0. The fraction of sp³-hybridized carbons (Fsp3) is 1.00. The van der Waals surface area contributed by atoms with Crippen LogP contribution in [0.3, 0.4) is 0 Å². The molecule has 1 saturated heterocycles. The maximum Gasteiger partial charge on any atom is 0.0676 e. The minimum Gasteiger partial charge on any atom is -0.390 e. The van der Waals surface area contributed by atoms with Crippen LogP contribution in [0.2, 0.25) is 0 Å². The van der Waals surface area contributed by atoms with Crippen LogP contribution in [0.25, 0.3) is 0 Å². The van der Waals surface area contributed by atoms with Crippen molar-refractivity contribution in [1.29, 1.82) is 0 Å². The van der Waals surface area contributed by atoms with Gasteiger partial charge in [-0.05, 0) is 44.7 Å². The van der Waals surface area contributed by atoms with Gasteiger partial charge in [-0.2, -0.15) is 0 Å². The Balaban J connectivity index is 2.54. The summed E-state index contributed by atoms with van der Waals surface area (Å²) in [5.41, 5.74) is -0.369. The van der Waals surface area contributed by atoms with E-state index in [0.29, 0.717) is 5.92 Å². The van der Waals surface area contributed by atoms with E-state index in [-0.39, 0.29) is 5.60 Å². The van der Waals surface area contributed by atoms with Crippen LogP contribution < -0.4 is 5.32 Å². The van der Waals surface area contributed by atoms with Crippen LogP contribution in [0.5, 0.6) is 0 Å². The molecule has 84 valence electrons. The van der Waals surface area contributed by atoms with Gasteiger partial charge in [0, 0.05) is 0 Å². The zero-order chi connectivity index (χ0) is 10.4. The molecule has 1 heterocycles. The molecule has 2 N–H and O–H groups in total. The van der Waals surface area contributed by atoms with Gasteiger partial charge in [0.05, 0.1) is 5.60 Å². The van der Waals surface area contributed by atoms with Gasteiger partial charge in [-0.15, -0.1) is 0 Å². The summed E-state index contributed by atoms with van der Waals surface area (Å²) in [5.74, 6) is 0.531. The lowest BCUT2D eigenvalue weighted by Crippen LogP contribution is -2.43. The molecule has 0 aromatic carbocycles. The first-order valence-corrected chi connectivity index (χ1v) is 6.16. The molecule has 1 aliphatic rings. The van der Waals surface area contributed by atoms with Gasteiger partial charge in [0.15, 0.2) is 0 Å². The summed E-state index contributed by atoms with van der Waals surface area (Å²) in [7, 11) is 0. The molecule has 2 heteroatoms. The molecular formula is C12H25NO. The van der Waals surface area contributed by atoms with Gasteiger partial charge in [0.2, 0.25) is 0 Å². The van der Waals surface area contributed by atoms with Crippen LogP contribution in [0.4, 0.5) is 0 Å². The lowest BCUT2D eigenvalue weighted by atomic mass is 9.75. The van der Waals surface area contributed by atoms with Crippen LogP contribution >= 0.6 is 0 Å². The fourth-order valence-corrected chi connectivity index (χ4v) is 2.76. The maximum absolute atomic E-state index is 10.6. The van der Waals surface area contributed by atoms with Crippen molar-refractivity contribution in [3.8, 4) is 0 Å². The van der Waals surface area contributed by atoms with Crippen LogP contribution in [0.1, 0.15) is 52.4 Å². The smallest absolute Gasteiger partial charge is 0.0676 e. The van der Waals surface area contributed by atoms with Crippen LogP contribution in [0.15, 0.2) is 0 Å². The molecule has 1 rings (SSSR count). The summed E-state index contributed by atoms with van der Waals surface area (Å²) in [6, 6.07) is 0. The molecule has 0 aromatic rings. The number of piperidine rings is 1. The molecule has 14 heavy (non-hydrogen) atoms. The van der Waals surface area contributed by atoms with E-state index in [0.717, 1.165) is 51.6 Å². The van der Waals surface area contributed by atoms with E-state index in [2.05, 4.69) is 19.2 Å². The van der Waals surface area contributed by atoms with Crippen LogP contribution in [-0.4, -0.2) is 23.8 Å². The number of rotatable bonds is 5. The van der Waals surface area contributed by atoms with E-state index in [4.69, 9.17) is 0 Å². The lowest BCUT2D eigenvalue weighted by Gasteiger charge is -2.38. The van der Waals surface area contributed by atoms with Crippen molar-refractivity contribution in [3.05, 3.63) is 0 Å². The molecule has 1 fully saturated rings. The lowest BCUT2D eigenvalue weighted by molar-refractivity contribution is -0.0455. The second-order valence-corrected chi connectivity index (χ2v) is 4.63. The Morgan fingerprint density at radius 1 is 1.14 bits per heavy atom. The van der Waals surface area contributed by atoms with Gasteiger partial charge in [-0.1, -0.05) is 26.7 Å². The summed E-state index contributed by atoms with van der Waals surface area (Å²) in [4.78, 5) is 0. The van der Waals surface area contributed by atoms with Crippen molar-refractivity contribution >= 4 is 0 Å². The Morgan fingerprint density at radius 3 is 2.07 bits per heavy atom. The molecule has 0 aromatic heterocycles. The molecule has 0 radical (unpaired) electrons. The van der Waals surface area contributed by atoms with Crippen molar-refractivity contribution in [2.24, 2.45) is 5.92 Å². The van der Waals surface area contributed by atoms with Crippen LogP contribution in [-0.2, 0) is 0 Å².